The number of piperazine rings is 1. The van der Waals surface area contributed by atoms with Gasteiger partial charge in [0.05, 0.1) is 0 Å². The van der Waals surface area contributed by atoms with Crippen LogP contribution in [0.4, 0.5) is 0 Å². The fourth-order valence-electron chi connectivity index (χ4n) is 3.33. The molecule has 2 atom stereocenters. The molecule has 1 aliphatic heterocycles. The third-order valence-corrected chi connectivity index (χ3v) is 4.86. The topological polar surface area (TPSA) is 65.2 Å². The number of carbonyl (C=O) groups is 1. The molecule has 22 heavy (non-hydrogen) atoms. The Bertz CT molecular complexity index is 614. The highest BCUT2D eigenvalue weighted by Crippen LogP contribution is 2.20. The number of H-pyrrole nitrogens is 1. The molecule has 5 nitrogen and oxygen atoms in total. The van der Waals surface area contributed by atoms with Crippen LogP contribution in [0.5, 0.6) is 0 Å². The molecule has 6 heteroatoms. The van der Waals surface area contributed by atoms with Gasteiger partial charge in [0.2, 0.25) is 0 Å². The van der Waals surface area contributed by atoms with Crippen molar-refractivity contribution in [2.24, 2.45) is 0 Å². The molecule has 122 valence electrons. The number of nitrogens with zero attached hydrogens (tertiary/aromatic N) is 1. The lowest BCUT2D eigenvalue weighted by molar-refractivity contribution is 0.0601. The molecule has 2 heterocycles. The molecule has 0 aromatic carbocycles. The second-order valence-electron chi connectivity index (χ2n) is 6.20. The first-order chi connectivity index (χ1) is 10.1. The van der Waals surface area contributed by atoms with Crippen LogP contribution in [0, 0.1) is 0 Å². The van der Waals surface area contributed by atoms with Crippen molar-refractivity contribution in [3.63, 3.8) is 0 Å². The number of aromatic amines is 1. The average molecular weight is 326 g/mol. The number of aromatic nitrogens is 1. The van der Waals surface area contributed by atoms with Gasteiger partial charge in [-0.05, 0) is 51.2 Å². The summed E-state index contributed by atoms with van der Waals surface area (Å²) >= 11 is 0. The van der Waals surface area contributed by atoms with Crippen molar-refractivity contribution in [2.75, 3.05) is 13.1 Å². The van der Waals surface area contributed by atoms with Crippen LogP contribution >= 0.6 is 12.4 Å². The molecule has 1 amide bonds. The summed E-state index contributed by atoms with van der Waals surface area (Å²) < 4.78 is 0. The van der Waals surface area contributed by atoms with E-state index < -0.39 is 0 Å². The van der Waals surface area contributed by atoms with E-state index in [1.165, 1.54) is 0 Å². The number of pyridine rings is 1. The van der Waals surface area contributed by atoms with Crippen molar-refractivity contribution >= 4 is 18.3 Å². The lowest BCUT2D eigenvalue weighted by Crippen LogP contribution is -2.57. The van der Waals surface area contributed by atoms with Gasteiger partial charge in [0.15, 0.2) is 0 Å². The van der Waals surface area contributed by atoms with Crippen molar-refractivity contribution < 1.29 is 4.79 Å². The molecule has 3 rings (SSSR count). The monoisotopic (exact) mass is 325 g/mol. The fourth-order valence-corrected chi connectivity index (χ4v) is 3.33. The molecule has 2 aliphatic rings. The van der Waals surface area contributed by atoms with Gasteiger partial charge >= 0.3 is 0 Å². The van der Waals surface area contributed by atoms with E-state index in [9.17, 15) is 9.59 Å². The maximum absolute atomic E-state index is 12.7. The van der Waals surface area contributed by atoms with Crippen molar-refractivity contribution in [3.8, 4) is 0 Å². The SMILES string of the molecule is CC1NCCN(C(=O)c2cc3c([nH]c2=O)CCCC3)C1C.Cl. The molecule has 0 saturated carbocycles. The van der Waals surface area contributed by atoms with E-state index in [4.69, 9.17) is 0 Å². The summed E-state index contributed by atoms with van der Waals surface area (Å²) in [6.07, 6.45) is 4.12. The van der Waals surface area contributed by atoms with E-state index in [0.717, 1.165) is 43.5 Å². The van der Waals surface area contributed by atoms with Gasteiger partial charge in [-0.2, -0.15) is 0 Å². The molecular formula is C16H24ClN3O2. The Morgan fingerprint density at radius 1 is 1.27 bits per heavy atom. The summed E-state index contributed by atoms with van der Waals surface area (Å²) in [5.74, 6) is -0.134. The van der Waals surface area contributed by atoms with Crippen LogP contribution in [0.2, 0.25) is 0 Å². The number of halogens is 1. The number of aryl methyl sites for hydroxylation is 2. The minimum absolute atomic E-state index is 0. The Hall–Kier alpha value is -1.33. The molecule has 1 aromatic rings. The van der Waals surface area contributed by atoms with Crippen LogP contribution in [0.1, 0.15) is 48.3 Å². The Morgan fingerprint density at radius 3 is 2.77 bits per heavy atom. The number of rotatable bonds is 1. The number of hydrogen-bond donors (Lipinski definition) is 2. The summed E-state index contributed by atoms with van der Waals surface area (Å²) in [4.78, 5) is 29.7. The van der Waals surface area contributed by atoms with Crippen LogP contribution in [0.3, 0.4) is 0 Å². The summed E-state index contributed by atoms with van der Waals surface area (Å²) in [5, 5.41) is 3.35. The highest BCUT2D eigenvalue weighted by atomic mass is 35.5. The molecule has 0 spiro atoms. The van der Waals surface area contributed by atoms with E-state index in [1.54, 1.807) is 0 Å². The Labute approximate surface area is 136 Å². The number of amides is 1. The first-order valence-corrected chi connectivity index (χ1v) is 7.87. The summed E-state index contributed by atoms with van der Waals surface area (Å²) in [7, 11) is 0. The Morgan fingerprint density at radius 2 is 2.00 bits per heavy atom. The lowest BCUT2D eigenvalue weighted by atomic mass is 9.94. The molecule has 1 aliphatic carbocycles. The molecule has 0 bridgehead atoms. The van der Waals surface area contributed by atoms with E-state index in [2.05, 4.69) is 17.2 Å². The minimum atomic E-state index is -0.237. The van der Waals surface area contributed by atoms with Gasteiger partial charge in [-0.15, -0.1) is 12.4 Å². The molecule has 0 radical (unpaired) electrons. The van der Waals surface area contributed by atoms with Crippen LogP contribution in [0.15, 0.2) is 10.9 Å². The van der Waals surface area contributed by atoms with Gasteiger partial charge in [0, 0.05) is 30.9 Å². The lowest BCUT2D eigenvalue weighted by Gasteiger charge is -2.38. The highest BCUT2D eigenvalue weighted by molar-refractivity contribution is 5.94. The predicted molar refractivity (Wildman–Crippen MR) is 88.9 cm³/mol. The van der Waals surface area contributed by atoms with Crippen LogP contribution in [0.25, 0.3) is 0 Å². The molecule has 1 aromatic heterocycles. The van der Waals surface area contributed by atoms with Crippen LogP contribution in [-0.2, 0) is 12.8 Å². The van der Waals surface area contributed by atoms with Crippen molar-refractivity contribution in [1.82, 2.24) is 15.2 Å². The summed E-state index contributed by atoms with van der Waals surface area (Å²) in [6.45, 7) is 5.53. The number of fused-ring (bicyclic) bond motifs is 1. The summed E-state index contributed by atoms with van der Waals surface area (Å²) in [5.41, 5.74) is 2.22. The predicted octanol–water partition coefficient (Wildman–Crippen LogP) is 1.50. The maximum atomic E-state index is 12.7. The molecular weight excluding hydrogens is 302 g/mol. The fraction of sp³-hybridized carbons (Fsp3) is 0.625. The van der Waals surface area contributed by atoms with Gasteiger partial charge < -0.3 is 15.2 Å². The van der Waals surface area contributed by atoms with Crippen molar-refractivity contribution in [3.05, 3.63) is 33.2 Å². The zero-order chi connectivity index (χ0) is 15.0. The second-order valence-corrected chi connectivity index (χ2v) is 6.20. The van der Waals surface area contributed by atoms with Gasteiger partial charge in [-0.1, -0.05) is 0 Å². The molecule has 2 unspecified atom stereocenters. The van der Waals surface area contributed by atoms with Crippen LogP contribution in [-0.4, -0.2) is 41.0 Å². The van der Waals surface area contributed by atoms with Gasteiger partial charge in [0.25, 0.3) is 11.5 Å². The number of carbonyl (C=O) groups excluding carboxylic acids is 1. The average Bonchev–Trinajstić information content (AvgIpc) is 2.48. The normalized spacial score (nSPS) is 24.4. The first kappa shape index (κ1) is 17.0. The maximum Gasteiger partial charge on any atom is 0.261 e. The minimum Gasteiger partial charge on any atom is -0.333 e. The standard InChI is InChI=1S/C16H23N3O2.ClH/c1-10-11(2)19(8-7-17-10)16(21)13-9-12-5-3-4-6-14(12)18-15(13)20;/h9-11,17H,3-8H2,1-2H3,(H,18,20);1H. The molecule has 2 N–H and O–H groups in total. The first-order valence-electron chi connectivity index (χ1n) is 7.87. The van der Waals surface area contributed by atoms with Gasteiger partial charge in [0.1, 0.15) is 5.56 Å². The third kappa shape index (κ3) is 3.06. The Balaban J connectivity index is 0.00000176. The van der Waals surface area contributed by atoms with E-state index in [1.807, 2.05) is 17.9 Å². The smallest absolute Gasteiger partial charge is 0.261 e. The largest absolute Gasteiger partial charge is 0.333 e. The third-order valence-electron chi connectivity index (χ3n) is 4.86. The number of hydrogen-bond acceptors (Lipinski definition) is 3. The molecule has 1 fully saturated rings. The van der Waals surface area contributed by atoms with E-state index in [-0.39, 0.29) is 36.0 Å². The molecule has 1 saturated heterocycles. The van der Waals surface area contributed by atoms with Crippen LogP contribution < -0.4 is 10.9 Å². The second kappa shape index (κ2) is 6.84. The van der Waals surface area contributed by atoms with Crippen molar-refractivity contribution in [1.29, 1.82) is 0 Å². The van der Waals surface area contributed by atoms with E-state index >= 15 is 0 Å². The van der Waals surface area contributed by atoms with Crippen molar-refractivity contribution in [2.45, 2.75) is 51.6 Å². The number of nitrogens with one attached hydrogen (secondary N) is 2. The zero-order valence-corrected chi connectivity index (χ0v) is 14.0. The zero-order valence-electron chi connectivity index (χ0n) is 13.1. The van der Waals surface area contributed by atoms with E-state index in [0.29, 0.717) is 12.1 Å². The Kier molecular flexibility index (Phi) is 5.29. The quantitative estimate of drug-likeness (QED) is 0.822. The summed E-state index contributed by atoms with van der Waals surface area (Å²) in [6, 6.07) is 2.18. The highest BCUT2D eigenvalue weighted by Gasteiger charge is 2.30. The van der Waals surface area contributed by atoms with Gasteiger partial charge in [-0.25, -0.2) is 0 Å². The van der Waals surface area contributed by atoms with Gasteiger partial charge in [-0.3, -0.25) is 9.59 Å².